The minimum absolute atomic E-state index is 0.0113. The summed E-state index contributed by atoms with van der Waals surface area (Å²) in [5, 5.41) is 79.1. The van der Waals surface area contributed by atoms with E-state index in [1.807, 2.05) is 26.0 Å². The topological polar surface area (TPSA) is 415 Å². The lowest BCUT2D eigenvalue weighted by Crippen LogP contribution is -2.60. The van der Waals surface area contributed by atoms with Crippen LogP contribution in [0.25, 0.3) is 0 Å². The molecular weight excluding hydrogens is 1290 g/mol. The van der Waals surface area contributed by atoms with Crippen LogP contribution in [0.4, 0.5) is 0 Å². The molecule has 7 aliphatic rings. The summed E-state index contributed by atoms with van der Waals surface area (Å²) in [6, 6.07) is 0. The van der Waals surface area contributed by atoms with Gasteiger partial charge in [0.05, 0.1) is 68.5 Å². The molecule has 3 spiro atoms. The first kappa shape index (κ1) is 78.4. The van der Waals surface area contributed by atoms with Crippen molar-refractivity contribution in [1.29, 1.82) is 0 Å². The van der Waals surface area contributed by atoms with Gasteiger partial charge in [0.1, 0.15) is 49.8 Å². The van der Waals surface area contributed by atoms with E-state index in [1.165, 1.54) is 13.0 Å². The third-order valence-electron chi connectivity index (χ3n) is 18.7. The van der Waals surface area contributed by atoms with Gasteiger partial charge in [-0.2, -0.15) is 16.8 Å². The van der Waals surface area contributed by atoms with Gasteiger partial charge in [-0.15, -0.1) is 0 Å². The average Bonchev–Trinajstić information content (AvgIpc) is 1.73. The van der Waals surface area contributed by atoms with Gasteiger partial charge in [0.15, 0.2) is 17.2 Å². The van der Waals surface area contributed by atoms with Crippen molar-refractivity contribution in [3.63, 3.8) is 0 Å². The minimum Gasteiger partial charge on any atom is -0.461 e. The Labute approximate surface area is 556 Å². The Morgan fingerprint density at radius 3 is 2.33 bits per heavy atom. The van der Waals surface area contributed by atoms with E-state index >= 15 is 0 Å². The molecule has 540 valence electrons. The Hall–Kier alpha value is -3.97. The van der Waals surface area contributed by atoms with Crippen LogP contribution in [0.5, 0.6) is 0 Å². The van der Waals surface area contributed by atoms with Crippen LogP contribution in [-0.2, 0) is 86.2 Å². The average molecular weight is 1390 g/mol. The number of aliphatic hydroxyl groups is 7. The molecule has 10 N–H and O–H groups in total. The van der Waals surface area contributed by atoms with E-state index in [2.05, 4.69) is 34.1 Å². The van der Waals surface area contributed by atoms with Crippen LogP contribution in [0.15, 0.2) is 71.9 Å². The Kier molecular flexibility index (Phi) is 28.4. The van der Waals surface area contributed by atoms with Crippen LogP contribution < -0.4 is 5.32 Å². The summed E-state index contributed by atoms with van der Waals surface area (Å²) < 4.78 is 126. The molecule has 0 aliphatic carbocycles. The molecule has 8 unspecified atom stereocenters. The van der Waals surface area contributed by atoms with Crippen molar-refractivity contribution in [1.82, 2.24) is 5.32 Å². The van der Waals surface area contributed by atoms with E-state index < -0.39 is 154 Å². The lowest BCUT2D eigenvalue weighted by atomic mass is 9.79. The Morgan fingerprint density at radius 2 is 1.61 bits per heavy atom. The van der Waals surface area contributed by atoms with Crippen LogP contribution in [0.2, 0.25) is 0 Å². The highest BCUT2D eigenvalue weighted by atomic mass is 32.3. The van der Waals surface area contributed by atoms with Crippen LogP contribution in [0.3, 0.4) is 0 Å². The van der Waals surface area contributed by atoms with Gasteiger partial charge in [-0.3, -0.25) is 18.7 Å². The zero-order chi connectivity index (χ0) is 69.7. The molecule has 30 heteroatoms. The molecule has 0 aromatic rings. The highest BCUT2D eigenvalue weighted by molar-refractivity contribution is 7.81. The number of amides is 1. The standard InChI is InChI=1S/C65H101NO27S2/c1-39(15-11-13-29-83-55(73)17-10-8-9-16-54(72)66-36-45(67)33-49(69)59(93-95(80,81)82)50(70)38-86-94(77,78)79)37-84-61(75)62(7,76)35-47-20-21-53(71)65(89-47)34-40(2)31-52(90-65)41(3)18-19-46-23-27-64(88-46)28-24-51-60(92-64)56(74)44(6)58(87-51)48(68)32-43(5)57-42(4)22-26-63(91-57)25-12-14-30-85-63/h8,10-11,13,15,18-19,34,41-43,45-53,56-60,67-71,74,76H,6,9,12,14,16-17,20-33,35-38H2,1-5,7H3,(H,66,72)(H,77,78,79)(H,80,81,82)/b10-8+,13-11+,19-18+,39-15+/t41?,42-,43+,45?,46+,47+,48+,49?,50?,51?,52+,53-,56-,57?,58+,59?,60?,62-,63+,64-,65-/m1/s1. The van der Waals surface area contributed by atoms with Crippen LogP contribution in [-0.4, -0.2) is 221 Å². The number of carbonyl (C=O) groups excluding carboxylic acids is 3. The lowest BCUT2D eigenvalue weighted by Gasteiger charge is -2.50. The maximum Gasteiger partial charge on any atom is 0.397 e. The van der Waals surface area contributed by atoms with Crippen molar-refractivity contribution in [3.8, 4) is 0 Å². The van der Waals surface area contributed by atoms with Gasteiger partial charge in [0.25, 0.3) is 0 Å². The molecule has 0 bridgehead atoms. The first-order chi connectivity index (χ1) is 44.6. The van der Waals surface area contributed by atoms with Crippen LogP contribution in [0, 0.1) is 17.8 Å². The number of carbonyl (C=O) groups is 3. The first-order valence-corrected chi connectivity index (χ1v) is 35.7. The van der Waals surface area contributed by atoms with Crippen LogP contribution in [0.1, 0.15) is 157 Å². The van der Waals surface area contributed by atoms with Crippen molar-refractivity contribution in [2.75, 3.05) is 33.0 Å². The first-order valence-electron chi connectivity index (χ1n) is 33.0. The van der Waals surface area contributed by atoms with E-state index in [9.17, 15) is 67.0 Å². The molecule has 0 radical (unpaired) electrons. The van der Waals surface area contributed by atoms with Crippen molar-refractivity contribution in [2.24, 2.45) is 17.8 Å². The number of fused-ring (bicyclic) bond motifs is 1. The van der Waals surface area contributed by atoms with Gasteiger partial charge in [-0.05, 0) is 120 Å². The quantitative estimate of drug-likeness (QED) is 0.0203. The molecule has 7 aliphatic heterocycles. The maximum absolute atomic E-state index is 13.3. The fourth-order valence-corrected chi connectivity index (χ4v) is 14.4. The zero-order valence-corrected chi connectivity index (χ0v) is 56.7. The number of ether oxygens (including phenoxy) is 9. The number of aliphatic hydroxyl groups excluding tert-OH is 6. The highest BCUT2D eigenvalue weighted by Crippen LogP contribution is 2.48. The second-order valence-corrected chi connectivity index (χ2v) is 29.1. The molecule has 21 atom stereocenters. The van der Waals surface area contributed by atoms with Gasteiger partial charge < -0.3 is 83.7 Å². The predicted octanol–water partition coefficient (Wildman–Crippen LogP) is 4.04. The monoisotopic (exact) mass is 1390 g/mol. The second kappa shape index (κ2) is 34.4. The van der Waals surface area contributed by atoms with E-state index in [0.717, 1.165) is 37.7 Å². The number of nitrogens with one attached hydrogen (secondary N) is 1. The van der Waals surface area contributed by atoms with E-state index in [1.54, 1.807) is 37.3 Å². The van der Waals surface area contributed by atoms with Gasteiger partial charge in [0.2, 0.25) is 11.7 Å². The number of hydrogen-bond acceptors (Lipinski definition) is 25. The predicted molar refractivity (Wildman–Crippen MR) is 337 cm³/mol. The summed E-state index contributed by atoms with van der Waals surface area (Å²) in [5.41, 5.74) is -0.0416. The molecule has 6 fully saturated rings. The molecule has 28 nitrogen and oxygen atoms in total. The Morgan fingerprint density at radius 1 is 0.874 bits per heavy atom. The third kappa shape index (κ3) is 23.0. The number of rotatable bonds is 31. The molecule has 0 aromatic carbocycles. The van der Waals surface area contributed by atoms with Crippen molar-refractivity contribution in [3.05, 3.63) is 71.9 Å². The number of esters is 2. The molecule has 7 rings (SSSR count). The van der Waals surface area contributed by atoms with Gasteiger partial charge in [-0.1, -0.05) is 69.4 Å². The van der Waals surface area contributed by atoms with E-state index in [4.69, 9.17) is 51.7 Å². The van der Waals surface area contributed by atoms with E-state index in [-0.39, 0.29) is 69.4 Å². The summed E-state index contributed by atoms with van der Waals surface area (Å²) in [6.07, 6.45) is 7.02. The summed E-state index contributed by atoms with van der Waals surface area (Å²) >= 11 is 0. The largest absolute Gasteiger partial charge is 0.461 e. The molecule has 0 saturated carbocycles. The van der Waals surface area contributed by atoms with Crippen LogP contribution >= 0.6 is 0 Å². The number of hydrogen-bond donors (Lipinski definition) is 10. The fourth-order valence-electron chi connectivity index (χ4n) is 13.5. The second-order valence-electron chi connectivity index (χ2n) is 27.0. The number of allylic oxidation sites excluding steroid dienone is 3. The van der Waals surface area contributed by atoms with Gasteiger partial charge in [-0.25, -0.2) is 13.2 Å². The summed E-state index contributed by atoms with van der Waals surface area (Å²) in [6.45, 7) is 14.2. The molecule has 7 heterocycles. The maximum atomic E-state index is 13.3. The highest BCUT2D eigenvalue weighted by Gasteiger charge is 2.55. The lowest BCUT2D eigenvalue weighted by molar-refractivity contribution is -0.321. The third-order valence-corrected chi connectivity index (χ3v) is 19.6. The molecule has 1 amide bonds. The summed E-state index contributed by atoms with van der Waals surface area (Å²) in [5.74, 6) is -4.87. The van der Waals surface area contributed by atoms with Gasteiger partial charge in [0, 0.05) is 57.4 Å². The van der Waals surface area contributed by atoms with Crippen molar-refractivity contribution >= 4 is 38.6 Å². The SMILES string of the molecule is C=C1[C@@H](O)C2O[C@@]3(CCC2O[C@@H]1[C@@H](O)C[C@H](C)C1O[C@@]2(CCCCO2)CC[C@H]1C)CC[C@H](/C=C/C(C)[C@@H]1CC(C)=C[C@@]2(O[C@H](C[C@@](C)(O)C(=O)OC/C(C)=C/C=C/COC(=O)C/C=C/CCC(=O)NCC(O)CC(O)C(OS(=O)(=O)O)C(O)COS(=O)(=O)O)CC[C@H]2O)O1)O3. The van der Waals surface area contributed by atoms with Gasteiger partial charge >= 0.3 is 32.7 Å². The summed E-state index contributed by atoms with van der Waals surface area (Å²) in [7, 11) is -10.4. The van der Waals surface area contributed by atoms with Crippen molar-refractivity contribution in [2.45, 2.75) is 266 Å². The molecule has 0 aromatic heterocycles. The van der Waals surface area contributed by atoms with Crippen molar-refractivity contribution < 1.29 is 127 Å². The smallest absolute Gasteiger partial charge is 0.397 e. The normalized spacial score (nSPS) is 33.9. The fraction of sp³-hybridized carbons (Fsp3) is 0.769. The Balaban J connectivity index is 0.779. The summed E-state index contributed by atoms with van der Waals surface area (Å²) in [4.78, 5) is 37.8. The van der Waals surface area contributed by atoms with E-state index in [0.29, 0.717) is 68.6 Å². The Bertz CT molecular complexity index is 2970. The molecule has 6 saturated heterocycles. The molecular formula is C65H101NO27S2. The minimum atomic E-state index is -5.31. The molecule has 95 heavy (non-hydrogen) atoms. The zero-order valence-electron chi connectivity index (χ0n) is 55.1.